The van der Waals surface area contributed by atoms with Crippen molar-refractivity contribution in [2.45, 2.75) is 19.4 Å². The second-order valence-corrected chi connectivity index (χ2v) is 5.65. The van der Waals surface area contributed by atoms with Crippen LogP contribution in [0.3, 0.4) is 0 Å². The largest absolute Gasteiger partial charge is 0.478 e. The second kappa shape index (κ2) is 6.05. The Bertz CT molecular complexity index is 583. The molecule has 0 spiro atoms. The molecule has 4 nitrogen and oxygen atoms in total. The van der Waals surface area contributed by atoms with Gasteiger partial charge in [0.15, 0.2) is 5.60 Å². The fourth-order valence-corrected chi connectivity index (χ4v) is 1.81. The number of amides is 1. The van der Waals surface area contributed by atoms with Gasteiger partial charge in [0.05, 0.1) is 0 Å². The zero-order valence-electron chi connectivity index (χ0n) is 11.3. The van der Waals surface area contributed by atoms with E-state index in [9.17, 15) is 4.79 Å². The van der Waals surface area contributed by atoms with E-state index in [1.165, 1.54) is 0 Å². The first-order valence-electron chi connectivity index (χ1n) is 6.14. The third-order valence-electron chi connectivity index (χ3n) is 2.64. The maximum Gasteiger partial charge on any atom is 0.269 e. The number of halogens is 1. The van der Waals surface area contributed by atoms with Gasteiger partial charge in [0.2, 0.25) is 0 Å². The highest BCUT2D eigenvalue weighted by Crippen LogP contribution is 2.22. The van der Waals surface area contributed by atoms with Crippen LogP contribution in [0.25, 0.3) is 0 Å². The van der Waals surface area contributed by atoms with E-state index >= 15 is 0 Å². The van der Waals surface area contributed by atoms with E-state index in [1.807, 2.05) is 18.2 Å². The van der Waals surface area contributed by atoms with E-state index < -0.39 is 5.60 Å². The van der Waals surface area contributed by atoms with E-state index in [0.29, 0.717) is 11.6 Å². The summed E-state index contributed by atoms with van der Waals surface area (Å²) in [5, 5.41) is 2.73. The molecular formula is C15H15BrN2O2. The van der Waals surface area contributed by atoms with Gasteiger partial charge in [-0.3, -0.25) is 4.79 Å². The molecule has 5 heteroatoms. The van der Waals surface area contributed by atoms with Gasteiger partial charge in [0.25, 0.3) is 5.91 Å². The normalized spacial score (nSPS) is 10.9. The SMILES string of the molecule is CC(C)(Oc1ccc(Br)cc1)C(=O)Nc1ccccn1. The first kappa shape index (κ1) is 14.5. The van der Waals surface area contributed by atoms with Crippen molar-refractivity contribution in [3.63, 3.8) is 0 Å². The van der Waals surface area contributed by atoms with Gasteiger partial charge in [-0.25, -0.2) is 4.98 Å². The van der Waals surface area contributed by atoms with Crippen LogP contribution in [0.5, 0.6) is 5.75 Å². The van der Waals surface area contributed by atoms with Gasteiger partial charge in [0, 0.05) is 10.7 Å². The topological polar surface area (TPSA) is 51.2 Å². The highest BCUT2D eigenvalue weighted by Gasteiger charge is 2.30. The number of carbonyl (C=O) groups excluding carboxylic acids is 1. The number of rotatable bonds is 4. The molecule has 1 aromatic heterocycles. The van der Waals surface area contributed by atoms with E-state index in [4.69, 9.17) is 4.74 Å². The molecule has 0 aliphatic carbocycles. The predicted octanol–water partition coefficient (Wildman–Crippen LogP) is 3.64. The maximum absolute atomic E-state index is 12.2. The molecule has 0 aliphatic rings. The molecule has 1 heterocycles. The van der Waals surface area contributed by atoms with Crippen LogP contribution in [0.1, 0.15) is 13.8 Å². The molecule has 104 valence electrons. The Morgan fingerprint density at radius 3 is 2.50 bits per heavy atom. The number of pyridine rings is 1. The highest BCUT2D eigenvalue weighted by atomic mass is 79.9. The summed E-state index contributed by atoms with van der Waals surface area (Å²) in [5.41, 5.74) is -0.995. The van der Waals surface area contributed by atoms with Gasteiger partial charge in [0.1, 0.15) is 11.6 Å². The van der Waals surface area contributed by atoms with Gasteiger partial charge >= 0.3 is 0 Å². The van der Waals surface area contributed by atoms with Crippen molar-refractivity contribution in [3.8, 4) is 5.75 Å². The van der Waals surface area contributed by atoms with Crippen molar-refractivity contribution in [2.75, 3.05) is 5.32 Å². The lowest BCUT2D eigenvalue weighted by Gasteiger charge is -2.25. The van der Waals surface area contributed by atoms with E-state index in [2.05, 4.69) is 26.2 Å². The molecule has 20 heavy (non-hydrogen) atoms. The van der Waals surface area contributed by atoms with Crippen molar-refractivity contribution in [1.82, 2.24) is 4.98 Å². The number of benzene rings is 1. The molecule has 0 radical (unpaired) electrons. The number of hydrogen-bond donors (Lipinski definition) is 1. The monoisotopic (exact) mass is 334 g/mol. The molecular weight excluding hydrogens is 320 g/mol. The fourth-order valence-electron chi connectivity index (χ4n) is 1.55. The minimum Gasteiger partial charge on any atom is -0.478 e. The maximum atomic E-state index is 12.2. The van der Waals surface area contributed by atoms with Gasteiger partial charge in [-0.2, -0.15) is 0 Å². The third-order valence-corrected chi connectivity index (χ3v) is 3.17. The quantitative estimate of drug-likeness (QED) is 0.928. The first-order chi connectivity index (χ1) is 9.47. The minimum absolute atomic E-state index is 0.251. The van der Waals surface area contributed by atoms with Crippen LogP contribution in [0.4, 0.5) is 5.82 Å². The molecule has 0 atom stereocenters. The Kier molecular flexibility index (Phi) is 4.39. The zero-order valence-corrected chi connectivity index (χ0v) is 12.8. The summed E-state index contributed by atoms with van der Waals surface area (Å²) >= 11 is 3.36. The van der Waals surface area contributed by atoms with E-state index in [1.54, 1.807) is 44.3 Å². The molecule has 0 fully saturated rings. The standard InChI is InChI=1S/C15H15BrN2O2/c1-15(2,20-12-8-6-11(16)7-9-12)14(19)18-13-5-3-4-10-17-13/h3-10H,1-2H3,(H,17,18,19). The molecule has 0 unspecified atom stereocenters. The van der Waals surface area contributed by atoms with Crippen LogP contribution in [0.15, 0.2) is 53.1 Å². The first-order valence-corrected chi connectivity index (χ1v) is 6.94. The molecule has 0 saturated heterocycles. The number of aromatic nitrogens is 1. The summed E-state index contributed by atoms with van der Waals surface area (Å²) < 4.78 is 6.69. The summed E-state index contributed by atoms with van der Waals surface area (Å²) in [6, 6.07) is 12.7. The van der Waals surface area contributed by atoms with Crippen molar-refractivity contribution in [2.24, 2.45) is 0 Å². The number of nitrogens with one attached hydrogen (secondary N) is 1. The van der Waals surface area contributed by atoms with Gasteiger partial charge < -0.3 is 10.1 Å². The summed E-state index contributed by atoms with van der Waals surface area (Å²) in [4.78, 5) is 16.3. The second-order valence-electron chi connectivity index (χ2n) is 4.74. The van der Waals surface area contributed by atoms with Crippen LogP contribution in [-0.4, -0.2) is 16.5 Å². The van der Waals surface area contributed by atoms with Crippen LogP contribution < -0.4 is 10.1 Å². The Morgan fingerprint density at radius 1 is 1.20 bits per heavy atom. The smallest absolute Gasteiger partial charge is 0.269 e. The highest BCUT2D eigenvalue weighted by molar-refractivity contribution is 9.10. The number of ether oxygens (including phenoxy) is 1. The zero-order chi connectivity index (χ0) is 14.6. The molecule has 0 saturated carbocycles. The Hall–Kier alpha value is -1.88. The molecule has 1 N–H and O–H groups in total. The number of nitrogens with zero attached hydrogens (tertiary/aromatic N) is 1. The van der Waals surface area contributed by atoms with Gasteiger partial charge in [-0.1, -0.05) is 22.0 Å². The van der Waals surface area contributed by atoms with Crippen molar-refractivity contribution < 1.29 is 9.53 Å². The van der Waals surface area contributed by atoms with E-state index in [-0.39, 0.29) is 5.91 Å². The lowest BCUT2D eigenvalue weighted by molar-refractivity contribution is -0.128. The van der Waals surface area contributed by atoms with Crippen molar-refractivity contribution in [1.29, 1.82) is 0 Å². The summed E-state index contributed by atoms with van der Waals surface area (Å²) in [7, 11) is 0. The number of anilines is 1. The molecule has 1 amide bonds. The lowest BCUT2D eigenvalue weighted by Crippen LogP contribution is -2.42. The third kappa shape index (κ3) is 3.81. The minimum atomic E-state index is -0.995. The predicted molar refractivity (Wildman–Crippen MR) is 81.7 cm³/mol. The van der Waals surface area contributed by atoms with Crippen LogP contribution >= 0.6 is 15.9 Å². The average molecular weight is 335 g/mol. The van der Waals surface area contributed by atoms with Crippen LogP contribution in [-0.2, 0) is 4.79 Å². The molecule has 2 rings (SSSR count). The van der Waals surface area contributed by atoms with Crippen LogP contribution in [0.2, 0.25) is 0 Å². The fraction of sp³-hybridized carbons (Fsp3) is 0.200. The summed E-state index contributed by atoms with van der Waals surface area (Å²) in [5.74, 6) is 0.887. The van der Waals surface area contributed by atoms with Gasteiger partial charge in [-0.15, -0.1) is 0 Å². The molecule has 0 bridgehead atoms. The Morgan fingerprint density at radius 2 is 1.90 bits per heavy atom. The average Bonchev–Trinajstić information content (AvgIpc) is 2.42. The van der Waals surface area contributed by atoms with E-state index in [0.717, 1.165) is 4.47 Å². The Balaban J connectivity index is 2.05. The van der Waals surface area contributed by atoms with Crippen molar-refractivity contribution in [3.05, 3.63) is 53.1 Å². The number of hydrogen-bond acceptors (Lipinski definition) is 3. The summed E-state index contributed by atoms with van der Waals surface area (Å²) in [6.07, 6.45) is 1.62. The van der Waals surface area contributed by atoms with Crippen molar-refractivity contribution >= 4 is 27.7 Å². The molecule has 0 aliphatic heterocycles. The summed E-state index contributed by atoms with van der Waals surface area (Å²) in [6.45, 7) is 3.43. The Labute approximate surface area is 126 Å². The molecule has 1 aromatic carbocycles. The lowest BCUT2D eigenvalue weighted by atomic mass is 10.1. The molecule has 2 aromatic rings. The van der Waals surface area contributed by atoms with Crippen LogP contribution in [0, 0.1) is 0 Å². The van der Waals surface area contributed by atoms with Gasteiger partial charge in [-0.05, 0) is 50.2 Å². The number of carbonyl (C=O) groups is 1.